The number of rotatable bonds is 4. The Kier molecular flexibility index (Phi) is 4.50. The third-order valence-corrected chi connectivity index (χ3v) is 3.78. The van der Waals surface area contributed by atoms with Crippen LogP contribution in [0.25, 0.3) is 0 Å². The van der Waals surface area contributed by atoms with Gasteiger partial charge in [0.05, 0.1) is 6.54 Å². The van der Waals surface area contributed by atoms with E-state index in [2.05, 4.69) is 30.4 Å². The summed E-state index contributed by atoms with van der Waals surface area (Å²) in [7, 11) is 1.62. The van der Waals surface area contributed by atoms with Crippen LogP contribution in [-0.2, 0) is 26.1 Å². The zero-order valence-electron chi connectivity index (χ0n) is 12.8. The molecule has 0 saturated heterocycles. The number of guanidine groups is 1. The molecule has 0 atom stereocenters. The molecule has 0 saturated carbocycles. The fraction of sp³-hybridized carbons (Fsp3) is 0.400. The SMILES string of the molecule is CN=C(NCc1cc(F)ccc1F)NCc1nnc2n1CCC2. The molecular formula is C15H18F2N6. The highest BCUT2D eigenvalue weighted by Gasteiger charge is 2.17. The van der Waals surface area contributed by atoms with Crippen molar-refractivity contribution in [2.24, 2.45) is 4.99 Å². The molecule has 0 unspecified atom stereocenters. The Morgan fingerprint density at radius 2 is 2.09 bits per heavy atom. The van der Waals surface area contributed by atoms with E-state index in [0.29, 0.717) is 12.5 Å². The molecule has 122 valence electrons. The Bertz CT molecular complexity index is 725. The van der Waals surface area contributed by atoms with Crippen LogP contribution in [0.2, 0.25) is 0 Å². The number of nitrogens with zero attached hydrogens (tertiary/aromatic N) is 4. The van der Waals surface area contributed by atoms with Gasteiger partial charge in [0.1, 0.15) is 17.5 Å². The molecule has 2 aromatic rings. The van der Waals surface area contributed by atoms with E-state index in [1.807, 2.05) is 0 Å². The minimum atomic E-state index is -0.467. The van der Waals surface area contributed by atoms with Crippen LogP contribution in [0.4, 0.5) is 8.78 Å². The van der Waals surface area contributed by atoms with Crippen molar-refractivity contribution in [1.82, 2.24) is 25.4 Å². The van der Waals surface area contributed by atoms with Crippen LogP contribution in [0, 0.1) is 11.6 Å². The summed E-state index contributed by atoms with van der Waals surface area (Å²) in [6.07, 6.45) is 2.04. The number of hydrogen-bond acceptors (Lipinski definition) is 3. The maximum Gasteiger partial charge on any atom is 0.191 e. The zero-order chi connectivity index (χ0) is 16.2. The Morgan fingerprint density at radius 1 is 1.26 bits per heavy atom. The number of fused-ring (bicyclic) bond motifs is 1. The first-order valence-electron chi connectivity index (χ1n) is 7.47. The maximum absolute atomic E-state index is 13.6. The standard InChI is InChI=1S/C15H18F2N6/c1-18-15(19-8-10-7-11(16)4-5-12(10)17)20-9-14-22-21-13-3-2-6-23(13)14/h4-5,7H,2-3,6,8-9H2,1H3,(H2,18,19,20). The molecule has 1 aromatic heterocycles. The highest BCUT2D eigenvalue weighted by atomic mass is 19.1. The summed E-state index contributed by atoms with van der Waals surface area (Å²) in [5.74, 6) is 1.42. The average Bonchev–Trinajstić information content (AvgIpc) is 3.15. The summed E-state index contributed by atoms with van der Waals surface area (Å²) in [5, 5.41) is 14.3. The number of hydrogen-bond donors (Lipinski definition) is 2. The molecule has 3 rings (SSSR count). The zero-order valence-corrected chi connectivity index (χ0v) is 12.8. The summed E-state index contributed by atoms with van der Waals surface area (Å²) in [5.41, 5.74) is 0.247. The van der Waals surface area contributed by atoms with Gasteiger partial charge >= 0.3 is 0 Å². The lowest BCUT2D eigenvalue weighted by Crippen LogP contribution is -2.37. The van der Waals surface area contributed by atoms with Gasteiger partial charge in [0.15, 0.2) is 11.8 Å². The molecule has 0 radical (unpaired) electrons. The van der Waals surface area contributed by atoms with E-state index >= 15 is 0 Å². The van der Waals surface area contributed by atoms with Crippen LogP contribution in [0.5, 0.6) is 0 Å². The molecular weight excluding hydrogens is 302 g/mol. The highest BCUT2D eigenvalue weighted by molar-refractivity contribution is 5.79. The fourth-order valence-corrected chi connectivity index (χ4v) is 2.58. The van der Waals surface area contributed by atoms with Crippen LogP contribution in [-0.4, -0.2) is 27.8 Å². The van der Waals surface area contributed by atoms with Crippen molar-refractivity contribution >= 4 is 5.96 Å². The normalized spacial score (nSPS) is 14.0. The second-order valence-corrected chi connectivity index (χ2v) is 5.30. The number of benzene rings is 1. The number of aryl methyl sites for hydroxylation is 1. The Morgan fingerprint density at radius 3 is 2.91 bits per heavy atom. The van der Waals surface area contributed by atoms with Crippen LogP contribution in [0.1, 0.15) is 23.6 Å². The number of nitrogens with one attached hydrogen (secondary N) is 2. The molecule has 6 nitrogen and oxygen atoms in total. The monoisotopic (exact) mass is 320 g/mol. The smallest absolute Gasteiger partial charge is 0.191 e. The first-order chi connectivity index (χ1) is 11.2. The third kappa shape index (κ3) is 3.46. The Balaban J connectivity index is 1.57. The second kappa shape index (κ2) is 6.72. The lowest BCUT2D eigenvalue weighted by Gasteiger charge is -2.12. The largest absolute Gasteiger partial charge is 0.352 e. The van der Waals surface area contributed by atoms with E-state index in [4.69, 9.17) is 0 Å². The molecule has 2 N–H and O–H groups in total. The lowest BCUT2D eigenvalue weighted by molar-refractivity contribution is 0.580. The van der Waals surface area contributed by atoms with Gasteiger partial charge in [0.25, 0.3) is 0 Å². The van der Waals surface area contributed by atoms with Crippen molar-refractivity contribution in [1.29, 1.82) is 0 Å². The van der Waals surface area contributed by atoms with Crippen LogP contribution < -0.4 is 10.6 Å². The lowest BCUT2D eigenvalue weighted by atomic mass is 10.2. The van der Waals surface area contributed by atoms with Crippen molar-refractivity contribution in [2.45, 2.75) is 32.5 Å². The predicted molar refractivity (Wildman–Crippen MR) is 81.7 cm³/mol. The van der Waals surface area contributed by atoms with Gasteiger partial charge in [-0.25, -0.2) is 8.78 Å². The summed E-state index contributed by atoms with van der Waals surface area (Å²) < 4.78 is 28.8. The maximum atomic E-state index is 13.6. The molecule has 1 aliphatic rings. The van der Waals surface area contributed by atoms with Gasteiger partial charge in [-0.3, -0.25) is 4.99 Å². The van der Waals surface area contributed by atoms with E-state index in [0.717, 1.165) is 43.2 Å². The summed E-state index contributed by atoms with van der Waals surface area (Å²) in [6, 6.07) is 3.38. The molecule has 8 heteroatoms. The van der Waals surface area contributed by atoms with Gasteiger partial charge in [-0.1, -0.05) is 0 Å². The van der Waals surface area contributed by atoms with Crippen LogP contribution >= 0.6 is 0 Å². The van der Waals surface area contributed by atoms with Crippen molar-refractivity contribution in [3.05, 3.63) is 47.0 Å². The molecule has 0 spiro atoms. The second-order valence-electron chi connectivity index (χ2n) is 5.30. The highest BCUT2D eigenvalue weighted by Crippen LogP contribution is 2.13. The van der Waals surface area contributed by atoms with E-state index < -0.39 is 11.6 Å². The Labute approximate surface area is 132 Å². The molecule has 1 aliphatic heterocycles. The molecule has 1 aromatic carbocycles. The molecule has 23 heavy (non-hydrogen) atoms. The molecule has 0 aliphatic carbocycles. The summed E-state index contributed by atoms with van der Waals surface area (Å²) >= 11 is 0. The van der Waals surface area contributed by atoms with E-state index in [9.17, 15) is 8.78 Å². The van der Waals surface area contributed by atoms with Gasteiger partial charge in [-0.05, 0) is 24.6 Å². The van der Waals surface area contributed by atoms with Crippen LogP contribution in [0.15, 0.2) is 23.2 Å². The van der Waals surface area contributed by atoms with Crippen LogP contribution in [0.3, 0.4) is 0 Å². The minimum absolute atomic E-state index is 0.140. The average molecular weight is 320 g/mol. The van der Waals surface area contributed by atoms with Crippen molar-refractivity contribution in [2.75, 3.05) is 7.05 Å². The minimum Gasteiger partial charge on any atom is -0.352 e. The number of aromatic nitrogens is 3. The molecule has 2 heterocycles. The van der Waals surface area contributed by atoms with Crippen molar-refractivity contribution in [3.8, 4) is 0 Å². The summed E-state index contributed by atoms with van der Waals surface area (Å²) in [6.45, 7) is 1.54. The van der Waals surface area contributed by atoms with Gasteiger partial charge in [-0.15, -0.1) is 10.2 Å². The number of aliphatic imine (C=N–C) groups is 1. The van der Waals surface area contributed by atoms with Crippen molar-refractivity contribution < 1.29 is 8.78 Å². The van der Waals surface area contributed by atoms with Gasteiger partial charge in [0, 0.05) is 32.1 Å². The molecule has 0 bridgehead atoms. The fourth-order valence-electron chi connectivity index (χ4n) is 2.58. The first-order valence-corrected chi connectivity index (χ1v) is 7.47. The van der Waals surface area contributed by atoms with Crippen molar-refractivity contribution in [3.63, 3.8) is 0 Å². The summed E-state index contributed by atoms with van der Waals surface area (Å²) in [4.78, 5) is 4.07. The van der Waals surface area contributed by atoms with E-state index in [-0.39, 0.29) is 12.1 Å². The van der Waals surface area contributed by atoms with Gasteiger partial charge in [0.2, 0.25) is 0 Å². The van der Waals surface area contributed by atoms with E-state index in [1.54, 1.807) is 7.05 Å². The van der Waals surface area contributed by atoms with Gasteiger partial charge < -0.3 is 15.2 Å². The molecule has 0 amide bonds. The number of halogens is 2. The quantitative estimate of drug-likeness (QED) is 0.659. The first kappa shape index (κ1) is 15.4. The topological polar surface area (TPSA) is 67.1 Å². The van der Waals surface area contributed by atoms with E-state index in [1.165, 1.54) is 6.07 Å². The predicted octanol–water partition coefficient (Wildman–Crippen LogP) is 1.37. The van der Waals surface area contributed by atoms with Gasteiger partial charge in [-0.2, -0.15) is 0 Å². The third-order valence-electron chi connectivity index (χ3n) is 3.78. The Hall–Kier alpha value is -2.51. The molecule has 0 fully saturated rings.